The molecule has 1 aromatic carbocycles. The molecular weight excluding hydrogens is 335 g/mol. The van der Waals surface area contributed by atoms with Crippen molar-refractivity contribution in [3.63, 3.8) is 0 Å². The molecule has 1 N–H and O–H groups in total. The van der Waals surface area contributed by atoms with Gasteiger partial charge in [-0.1, -0.05) is 29.3 Å². The molecule has 0 aliphatic heterocycles. The highest BCUT2D eigenvalue weighted by Gasteiger charge is 2.19. The van der Waals surface area contributed by atoms with Crippen molar-refractivity contribution >= 4 is 29.3 Å². The molecule has 0 fully saturated rings. The second-order valence-electron chi connectivity index (χ2n) is 6.60. The molecule has 1 aromatic rings. The summed E-state index contributed by atoms with van der Waals surface area (Å²) < 4.78 is 5.31. The van der Waals surface area contributed by atoms with Crippen molar-refractivity contribution in [2.45, 2.75) is 45.8 Å². The number of halogens is 2. The van der Waals surface area contributed by atoms with E-state index in [1.165, 1.54) is 0 Å². The van der Waals surface area contributed by atoms with E-state index in [0.29, 0.717) is 16.6 Å². The van der Waals surface area contributed by atoms with Crippen LogP contribution in [0.5, 0.6) is 0 Å². The molecule has 4 nitrogen and oxygen atoms in total. The lowest BCUT2D eigenvalue weighted by molar-refractivity contribution is 0.0297. The van der Waals surface area contributed by atoms with E-state index in [-0.39, 0.29) is 12.1 Å². The van der Waals surface area contributed by atoms with Crippen molar-refractivity contribution in [1.29, 1.82) is 0 Å². The molecule has 0 radical (unpaired) electrons. The van der Waals surface area contributed by atoms with Gasteiger partial charge in [-0.25, -0.2) is 4.79 Å². The van der Waals surface area contributed by atoms with E-state index in [4.69, 9.17) is 27.9 Å². The number of carbonyl (C=O) groups excluding carboxylic acids is 1. The van der Waals surface area contributed by atoms with Gasteiger partial charge in [0.15, 0.2) is 0 Å². The number of nitrogens with zero attached hydrogens (tertiary/aromatic N) is 1. The van der Waals surface area contributed by atoms with Crippen molar-refractivity contribution in [3.8, 4) is 0 Å². The van der Waals surface area contributed by atoms with Gasteiger partial charge in [0.1, 0.15) is 5.60 Å². The standard InChI is InChI=1S/C17H26Cl2N2O2/c1-12(14-8-7-13(18)11-15(14)19)20-9-6-10-21(5)16(22)23-17(2,3)4/h7-8,11-12,20H,6,9-10H2,1-5H3. The molecule has 1 amide bonds. The second-order valence-corrected chi connectivity index (χ2v) is 7.44. The zero-order valence-corrected chi connectivity index (χ0v) is 16.0. The maximum Gasteiger partial charge on any atom is 0.410 e. The smallest absolute Gasteiger partial charge is 0.410 e. The van der Waals surface area contributed by atoms with Crippen molar-refractivity contribution < 1.29 is 9.53 Å². The molecule has 0 aromatic heterocycles. The summed E-state index contributed by atoms with van der Waals surface area (Å²) in [5.74, 6) is 0. The number of amides is 1. The average molecular weight is 361 g/mol. The number of ether oxygens (including phenoxy) is 1. The van der Waals surface area contributed by atoms with Crippen LogP contribution in [0, 0.1) is 0 Å². The monoisotopic (exact) mass is 360 g/mol. The molecule has 1 rings (SSSR count). The van der Waals surface area contributed by atoms with E-state index >= 15 is 0 Å². The third-order valence-corrected chi connectivity index (χ3v) is 3.82. The molecule has 0 aliphatic carbocycles. The van der Waals surface area contributed by atoms with E-state index in [9.17, 15) is 4.79 Å². The summed E-state index contributed by atoms with van der Waals surface area (Å²) in [6.45, 7) is 9.02. The first-order valence-electron chi connectivity index (χ1n) is 7.72. The fraction of sp³-hybridized carbons (Fsp3) is 0.588. The molecule has 1 atom stereocenters. The van der Waals surface area contributed by atoms with Gasteiger partial charge in [-0.2, -0.15) is 0 Å². The lowest BCUT2D eigenvalue weighted by Crippen LogP contribution is -2.35. The van der Waals surface area contributed by atoms with Crippen LogP contribution < -0.4 is 5.32 Å². The number of benzene rings is 1. The van der Waals surface area contributed by atoms with Gasteiger partial charge in [-0.3, -0.25) is 0 Å². The Morgan fingerprint density at radius 2 is 2.00 bits per heavy atom. The molecule has 0 aliphatic rings. The molecule has 0 spiro atoms. The van der Waals surface area contributed by atoms with Gasteiger partial charge in [0.25, 0.3) is 0 Å². The first kappa shape index (κ1) is 20.1. The summed E-state index contributed by atoms with van der Waals surface area (Å²) >= 11 is 12.1. The Hall–Kier alpha value is -0.970. The van der Waals surface area contributed by atoms with Gasteiger partial charge >= 0.3 is 6.09 Å². The van der Waals surface area contributed by atoms with Gasteiger partial charge in [-0.05, 0) is 58.4 Å². The fourth-order valence-corrected chi connectivity index (χ4v) is 2.60. The lowest BCUT2D eigenvalue weighted by Gasteiger charge is -2.25. The van der Waals surface area contributed by atoms with Crippen molar-refractivity contribution in [2.75, 3.05) is 20.1 Å². The molecule has 0 heterocycles. The van der Waals surface area contributed by atoms with Gasteiger partial charge in [-0.15, -0.1) is 0 Å². The average Bonchev–Trinajstić information content (AvgIpc) is 2.41. The fourth-order valence-electron chi connectivity index (χ4n) is 2.03. The predicted molar refractivity (Wildman–Crippen MR) is 96.4 cm³/mol. The number of nitrogens with one attached hydrogen (secondary N) is 1. The Balaban J connectivity index is 2.35. The van der Waals surface area contributed by atoms with E-state index < -0.39 is 5.60 Å². The number of rotatable bonds is 6. The van der Waals surface area contributed by atoms with Crippen LogP contribution in [-0.2, 0) is 4.74 Å². The van der Waals surface area contributed by atoms with Crippen LogP contribution in [0.25, 0.3) is 0 Å². The molecule has 0 bridgehead atoms. The van der Waals surface area contributed by atoms with Crippen LogP contribution >= 0.6 is 23.2 Å². The highest BCUT2D eigenvalue weighted by molar-refractivity contribution is 6.35. The van der Waals surface area contributed by atoms with Crippen LogP contribution in [0.15, 0.2) is 18.2 Å². The summed E-state index contributed by atoms with van der Waals surface area (Å²) in [5, 5.41) is 4.68. The van der Waals surface area contributed by atoms with Crippen LogP contribution in [0.4, 0.5) is 4.79 Å². The predicted octanol–water partition coefficient (Wildman–Crippen LogP) is 4.90. The van der Waals surface area contributed by atoms with Gasteiger partial charge in [0.2, 0.25) is 0 Å². The molecule has 6 heteroatoms. The third kappa shape index (κ3) is 7.42. The molecule has 0 saturated heterocycles. The zero-order chi connectivity index (χ0) is 17.6. The highest BCUT2D eigenvalue weighted by Crippen LogP contribution is 2.25. The van der Waals surface area contributed by atoms with Crippen molar-refractivity contribution in [3.05, 3.63) is 33.8 Å². The lowest BCUT2D eigenvalue weighted by atomic mass is 10.1. The third-order valence-electron chi connectivity index (χ3n) is 3.25. The summed E-state index contributed by atoms with van der Waals surface area (Å²) in [7, 11) is 1.74. The van der Waals surface area contributed by atoms with Crippen LogP contribution in [-0.4, -0.2) is 36.7 Å². The SMILES string of the molecule is CC(NCCCN(C)C(=O)OC(C)(C)C)c1ccc(Cl)cc1Cl. The molecule has 23 heavy (non-hydrogen) atoms. The highest BCUT2D eigenvalue weighted by atomic mass is 35.5. The Morgan fingerprint density at radius 1 is 1.35 bits per heavy atom. The maximum atomic E-state index is 11.8. The first-order valence-corrected chi connectivity index (χ1v) is 8.48. The Bertz CT molecular complexity index is 530. The minimum Gasteiger partial charge on any atom is -0.444 e. The summed E-state index contributed by atoms with van der Waals surface area (Å²) in [5.41, 5.74) is 0.542. The Kier molecular flexibility index (Phi) is 7.65. The normalized spacial score (nSPS) is 12.8. The topological polar surface area (TPSA) is 41.6 Å². The van der Waals surface area contributed by atoms with E-state index in [2.05, 4.69) is 5.32 Å². The van der Waals surface area contributed by atoms with E-state index in [1.807, 2.05) is 39.8 Å². The molecular formula is C17H26Cl2N2O2. The van der Waals surface area contributed by atoms with Gasteiger partial charge in [0, 0.05) is 29.7 Å². The molecule has 130 valence electrons. The van der Waals surface area contributed by atoms with Crippen molar-refractivity contribution in [2.24, 2.45) is 0 Å². The minimum atomic E-state index is -0.469. The Morgan fingerprint density at radius 3 is 2.57 bits per heavy atom. The molecule has 0 saturated carbocycles. The largest absolute Gasteiger partial charge is 0.444 e. The van der Waals surface area contributed by atoms with Crippen molar-refractivity contribution in [1.82, 2.24) is 10.2 Å². The zero-order valence-electron chi connectivity index (χ0n) is 14.5. The van der Waals surface area contributed by atoms with Crippen LogP contribution in [0.2, 0.25) is 10.0 Å². The number of carbonyl (C=O) groups is 1. The second kappa shape index (κ2) is 8.76. The molecule has 1 unspecified atom stereocenters. The maximum absolute atomic E-state index is 11.8. The number of hydrogen-bond donors (Lipinski definition) is 1. The van der Waals surface area contributed by atoms with E-state index in [0.717, 1.165) is 18.5 Å². The summed E-state index contributed by atoms with van der Waals surface area (Å²) in [4.78, 5) is 13.4. The minimum absolute atomic E-state index is 0.117. The number of hydrogen-bond acceptors (Lipinski definition) is 3. The Labute approximate surface area is 149 Å². The van der Waals surface area contributed by atoms with E-state index in [1.54, 1.807) is 18.0 Å². The summed E-state index contributed by atoms with van der Waals surface area (Å²) in [6.07, 6.45) is 0.525. The van der Waals surface area contributed by atoms with Crippen LogP contribution in [0.3, 0.4) is 0 Å². The van der Waals surface area contributed by atoms with Gasteiger partial charge < -0.3 is 15.0 Å². The first-order chi connectivity index (χ1) is 10.6. The van der Waals surface area contributed by atoms with Gasteiger partial charge in [0.05, 0.1) is 0 Å². The summed E-state index contributed by atoms with van der Waals surface area (Å²) in [6, 6.07) is 5.62. The quantitative estimate of drug-likeness (QED) is 0.733. The van der Waals surface area contributed by atoms with Crippen LogP contribution in [0.1, 0.15) is 45.7 Å².